The lowest BCUT2D eigenvalue weighted by Gasteiger charge is -2.11. The normalized spacial score (nSPS) is 10.9. The molecular weight excluding hydrogens is 435 g/mol. The molecule has 0 saturated heterocycles. The molecule has 0 aliphatic rings. The summed E-state index contributed by atoms with van der Waals surface area (Å²) >= 11 is 0. The second-order valence-corrected chi connectivity index (χ2v) is 5.39. The van der Waals surface area contributed by atoms with Crippen molar-refractivity contribution in [2.24, 2.45) is 12.0 Å². The van der Waals surface area contributed by atoms with Crippen LogP contribution in [0.25, 0.3) is 0 Å². The Kier molecular flexibility index (Phi) is 14.1. The van der Waals surface area contributed by atoms with Gasteiger partial charge in [0.25, 0.3) is 0 Å². The number of unbranched alkanes of at least 4 members (excludes halogenated alkanes) is 3. The van der Waals surface area contributed by atoms with Crippen LogP contribution < -0.4 is 10.6 Å². The van der Waals surface area contributed by atoms with Crippen LogP contribution in [-0.4, -0.2) is 46.4 Å². The molecule has 0 saturated carbocycles. The fourth-order valence-corrected chi connectivity index (χ4v) is 2.14. The summed E-state index contributed by atoms with van der Waals surface area (Å²) in [4.78, 5) is 19.9. The van der Waals surface area contributed by atoms with Crippen LogP contribution in [0.1, 0.15) is 51.8 Å². The summed E-state index contributed by atoms with van der Waals surface area (Å²) in [6, 6.07) is 0. The van der Waals surface area contributed by atoms with E-state index < -0.39 is 0 Å². The van der Waals surface area contributed by atoms with Crippen molar-refractivity contribution in [3.8, 4) is 0 Å². The van der Waals surface area contributed by atoms with Crippen LogP contribution >= 0.6 is 24.0 Å². The van der Waals surface area contributed by atoms with E-state index in [1.807, 2.05) is 20.9 Å². The number of carbonyl (C=O) groups excluding carboxylic acids is 1. The minimum absolute atomic E-state index is 0. The first kappa shape index (κ1) is 23.6. The molecule has 0 aliphatic carbocycles. The van der Waals surface area contributed by atoms with Gasteiger partial charge in [-0.2, -0.15) is 5.10 Å². The van der Waals surface area contributed by atoms with E-state index in [0.29, 0.717) is 19.6 Å². The van der Waals surface area contributed by atoms with Gasteiger partial charge in [-0.15, -0.1) is 24.0 Å². The minimum Gasteiger partial charge on any atom is -0.466 e. The van der Waals surface area contributed by atoms with E-state index in [2.05, 4.69) is 25.7 Å². The fourth-order valence-electron chi connectivity index (χ4n) is 2.14. The molecule has 0 atom stereocenters. The van der Waals surface area contributed by atoms with Gasteiger partial charge < -0.3 is 15.4 Å². The maximum Gasteiger partial charge on any atom is 0.305 e. The summed E-state index contributed by atoms with van der Waals surface area (Å²) in [5.41, 5.74) is 0. The number of nitrogens with one attached hydrogen (secondary N) is 2. The number of aromatic nitrogens is 3. The smallest absolute Gasteiger partial charge is 0.305 e. The highest BCUT2D eigenvalue weighted by Gasteiger charge is 2.02. The number of aliphatic imine (C=N–C) groups is 1. The van der Waals surface area contributed by atoms with Crippen LogP contribution in [-0.2, 0) is 23.1 Å². The molecule has 1 heterocycles. The van der Waals surface area contributed by atoms with E-state index in [-0.39, 0.29) is 29.9 Å². The number of aryl methyl sites for hydroxylation is 1. The topological polar surface area (TPSA) is 93.4 Å². The zero-order valence-electron chi connectivity index (χ0n) is 15.5. The molecule has 0 unspecified atom stereocenters. The van der Waals surface area contributed by atoms with Gasteiger partial charge in [-0.25, -0.2) is 9.98 Å². The Hall–Kier alpha value is -1.39. The molecule has 9 heteroatoms. The van der Waals surface area contributed by atoms with Gasteiger partial charge in [0, 0.05) is 26.6 Å². The first-order chi connectivity index (χ1) is 11.7. The number of carbonyl (C=O) groups is 1. The lowest BCUT2D eigenvalue weighted by molar-refractivity contribution is -0.143. The summed E-state index contributed by atoms with van der Waals surface area (Å²) in [6.07, 6.45) is 6.09. The van der Waals surface area contributed by atoms with Crippen molar-refractivity contribution in [3.05, 3.63) is 12.2 Å². The molecule has 8 nitrogen and oxygen atoms in total. The fraction of sp³-hybridized carbons (Fsp3) is 0.750. The van der Waals surface area contributed by atoms with Crippen LogP contribution in [0.4, 0.5) is 0 Å². The van der Waals surface area contributed by atoms with Crippen molar-refractivity contribution in [1.82, 2.24) is 25.4 Å². The van der Waals surface area contributed by atoms with Crippen molar-refractivity contribution in [1.29, 1.82) is 0 Å². The molecule has 0 amide bonds. The Morgan fingerprint density at radius 3 is 2.64 bits per heavy atom. The van der Waals surface area contributed by atoms with Gasteiger partial charge >= 0.3 is 5.97 Å². The standard InChI is InChI=1S/C16H30N6O2.HI/c1-4-17-16(19-12-14-20-13-21-22(14)3)18-11-9-7-6-8-10-15(23)24-5-2;/h13H,4-12H2,1-3H3,(H2,17,18,19);1H. The van der Waals surface area contributed by atoms with Crippen molar-refractivity contribution < 1.29 is 9.53 Å². The molecule has 0 radical (unpaired) electrons. The number of rotatable bonds is 11. The lowest BCUT2D eigenvalue weighted by Crippen LogP contribution is -2.37. The molecule has 0 fully saturated rings. The summed E-state index contributed by atoms with van der Waals surface area (Å²) in [7, 11) is 1.86. The number of hydrogen-bond donors (Lipinski definition) is 2. The van der Waals surface area contributed by atoms with Crippen LogP contribution in [0.5, 0.6) is 0 Å². The van der Waals surface area contributed by atoms with E-state index in [9.17, 15) is 4.79 Å². The van der Waals surface area contributed by atoms with E-state index in [1.165, 1.54) is 6.33 Å². The number of nitrogens with zero attached hydrogens (tertiary/aromatic N) is 4. The predicted molar refractivity (Wildman–Crippen MR) is 109 cm³/mol. The summed E-state index contributed by atoms with van der Waals surface area (Å²) in [5, 5.41) is 10.6. The average molecular weight is 466 g/mol. The quantitative estimate of drug-likeness (QED) is 0.170. The third-order valence-electron chi connectivity index (χ3n) is 3.43. The number of ether oxygens (including phenoxy) is 1. The highest BCUT2D eigenvalue weighted by atomic mass is 127. The summed E-state index contributed by atoms with van der Waals surface area (Å²) in [6.45, 7) is 6.48. The maximum absolute atomic E-state index is 11.2. The molecule has 2 N–H and O–H groups in total. The van der Waals surface area contributed by atoms with Crippen molar-refractivity contribution in [2.75, 3.05) is 19.7 Å². The zero-order chi connectivity index (χ0) is 17.6. The van der Waals surface area contributed by atoms with Crippen molar-refractivity contribution in [2.45, 2.75) is 52.5 Å². The predicted octanol–water partition coefficient (Wildman–Crippen LogP) is 2.00. The van der Waals surface area contributed by atoms with E-state index in [4.69, 9.17) is 4.74 Å². The largest absolute Gasteiger partial charge is 0.466 e. The summed E-state index contributed by atoms with van der Waals surface area (Å²) < 4.78 is 6.63. The highest BCUT2D eigenvalue weighted by Crippen LogP contribution is 2.03. The number of halogens is 1. The van der Waals surface area contributed by atoms with Crippen LogP contribution in [0.3, 0.4) is 0 Å². The first-order valence-corrected chi connectivity index (χ1v) is 8.68. The number of esters is 1. The third-order valence-corrected chi connectivity index (χ3v) is 3.43. The van der Waals surface area contributed by atoms with Crippen molar-refractivity contribution in [3.63, 3.8) is 0 Å². The second-order valence-electron chi connectivity index (χ2n) is 5.39. The Morgan fingerprint density at radius 2 is 2.00 bits per heavy atom. The maximum atomic E-state index is 11.2. The molecule has 0 aliphatic heterocycles. The van der Waals surface area contributed by atoms with Gasteiger partial charge in [0.15, 0.2) is 5.96 Å². The highest BCUT2D eigenvalue weighted by molar-refractivity contribution is 14.0. The van der Waals surface area contributed by atoms with Gasteiger partial charge in [-0.3, -0.25) is 9.48 Å². The third kappa shape index (κ3) is 11.0. The van der Waals surface area contributed by atoms with Gasteiger partial charge in [-0.05, 0) is 26.7 Å². The molecule has 144 valence electrons. The second kappa shape index (κ2) is 14.9. The molecule has 0 spiro atoms. The van der Waals surface area contributed by atoms with Crippen molar-refractivity contribution >= 4 is 35.9 Å². The first-order valence-electron chi connectivity index (χ1n) is 8.68. The van der Waals surface area contributed by atoms with Gasteiger partial charge in [0.2, 0.25) is 0 Å². The Labute approximate surface area is 167 Å². The van der Waals surface area contributed by atoms with Gasteiger partial charge in [0.05, 0.1) is 6.61 Å². The monoisotopic (exact) mass is 466 g/mol. The molecule has 1 aromatic heterocycles. The van der Waals surface area contributed by atoms with Gasteiger partial charge in [-0.1, -0.05) is 12.8 Å². The van der Waals surface area contributed by atoms with E-state index in [1.54, 1.807) is 4.68 Å². The van der Waals surface area contributed by atoms with E-state index >= 15 is 0 Å². The molecular formula is C16H31IN6O2. The molecule has 25 heavy (non-hydrogen) atoms. The summed E-state index contributed by atoms with van der Waals surface area (Å²) in [5.74, 6) is 1.51. The van der Waals surface area contributed by atoms with Gasteiger partial charge in [0.1, 0.15) is 18.7 Å². The molecule has 0 aromatic carbocycles. The molecule has 0 bridgehead atoms. The number of hydrogen-bond acceptors (Lipinski definition) is 5. The lowest BCUT2D eigenvalue weighted by atomic mass is 10.1. The zero-order valence-corrected chi connectivity index (χ0v) is 17.8. The van der Waals surface area contributed by atoms with Crippen LogP contribution in [0, 0.1) is 0 Å². The molecule has 1 rings (SSSR count). The average Bonchev–Trinajstić information content (AvgIpc) is 2.97. The number of guanidine groups is 1. The Balaban J connectivity index is 0.00000576. The SMILES string of the molecule is CCNC(=NCc1ncnn1C)NCCCCCCC(=O)OCC.I. The molecule has 1 aromatic rings. The van der Waals surface area contributed by atoms with Crippen LogP contribution in [0.15, 0.2) is 11.3 Å². The van der Waals surface area contributed by atoms with Crippen LogP contribution in [0.2, 0.25) is 0 Å². The Bertz CT molecular complexity index is 507. The minimum atomic E-state index is -0.0963. The van der Waals surface area contributed by atoms with E-state index in [0.717, 1.165) is 50.6 Å². The Morgan fingerprint density at radius 1 is 1.24 bits per heavy atom.